The normalized spacial score (nSPS) is 16.6. The Hall–Kier alpha value is -1.87. The average Bonchev–Trinajstić information content (AvgIpc) is 3.27. The second kappa shape index (κ2) is 10.8. The third kappa shape index (κ3) is 6.85. The van der Waals surface area contributed by atoms with Crippen molar-refractivity contribution in [2.75, 3.05) is 25.4 Å². The minimum atomic E-state index is -3.68. The minimum Gasteiger partial charge on any atom is -0.377 e. The number of thioether (sulfide) groups is 1. The molecule has 1 atom stereocenters. The molecule has 2 aromatic carbocycles. The Balaban J connectivity index is 1.46. The van der Waals surface area contributed by atoms with E-state index in [1.54, 1.807) is 23.9 Å². The number of nitrogens with one attached hydrogen (secondary N) is 2. The quantitative estimate of drug-likeness (QED) is 0.444. The highest BCUT2D eigenvalue weighted by Crippen LogP contribution is 2.17. The third-order valence-electron chi connectivity index (χ3n) is 4.55. The first-order chi connectivity index (χ1) is 14.0. The van der Waals surface area contributed by atoms with Crippen molar-refractivity contribution in [2.24, 2.45) is 0 Å². The fraction of sp³-hybridized carbons (Fsp3) is 0.381. The third-order valence-corrected chi connectivity index (χ3v) is 7.07. The smallest absolute Gasteiger partial charge is 0.251 e. The highest BCUT2D eigenvalue weighted by molar-refractivity contribution is 7.99. The monoisotopic (exact) mass is 434 g/mol. The van der Waals surface area contributed by atoms with Crippen LogP contribution in [0.3, 0.4) is 0 Å². The molecule has 0 bridgehead atoms. The van der Waals surface area contributed by atoms with Crippen LogP contribution < -0.4 is 10.0 Å². The zero-order valence-corrected chi connectivity index (χ0v) is 17.8. The summed E-state index contributed by atoms with van der Waals surface area (Å²) in [7, 11) is -3.68. The summed E-state index contributed by atoms with van der Waals surface area (Å²) < 4.78 is 33.0. The molecule has 156 valence electrons. The van der Waals surface area contributed by atoms with Gasteiger partial charge in [0.1, 0.15) is 0 Å². The van der Waals surface area contributed by atoms with Gasteiger partial charge in [-0.1, -0.05) is 24.3 Å². The van der Waals surface area contributed by atoms with E-state index in [1.807, 2.05) is 18.2 Å². The van der Waals surface area contributed by atoms with Crippen LogP contribution in [0, 0.1) is 0 Å². The Morgan fingerprint density at radius 1 is 1.14 bits per heavy atom. The first kappa shape index (κ1) is 21.8. The number of rotatable bonds is 10. The maximum atomic E-state index is 12.5. The molecule has 3 rings (SSSR count). The van der Waals surface area contributed by atoms with Crippen molar-refractivity contribution >= 4 is 27.7 Å². The molecular weight excluding hydrogens is 408 g/mol. The Labute approximate surface area is 176 Å². The van der Waals surface area contributed by atoms with Gasteiger partial charge >= 0.3 is 0 Å². The Morgan fingerprint density at radius 2 is 1.97 bits per heavy atom. The van der Waals surface area contributed by atoms with Crippen LogP contribution in [0.4, 0.5) is 0 Å². The second-order valence-electron chi connectivity index (χ2n) is 6.79. The average molecular weight is 435 g/mol. The van der Waals surface area contributed by atoms with Gasteiger partial charge in [0.25, 0.3) is 5.91 Å². The number of sulfonamides is 1. The molecule has 1 heterocycles. The largest absolute Gasteiger partial charge is 0.377 e. The predicted molar refractivity (Wildman–Crippen MR) is 115 cm³/mol. The van der Waals surface area contributed by atoms with E-state index in [0.717, 1.165) is 25.0 Å². The van der Waals surface area contributed by atoms with E-state index in [-0.39, 0.29) is 23.5 Å². The highest BCUT2D eigenvalue weighted by atomic mass is 32.2. The van der Waals surface area contributed by atoms with Crippen LogP contribution in [-0.4, -0.2) is 45.9 Å². The number of carbonyl (C=O) groups is 1. The highest BCUT2D eigenvalue weighted by Gasteiger charge is 2.21. The predicted octanol–water partition coefficient (Wildman–Crippen LogP) is 3.06. The molecule has 0 unspecified atom stereocenters. The maximum absolute atomic E-state index is 12.5. The van der Waals surface area contributed by atoms with Gasteiger partial charge in [0.15, 0.2) is 0 Å². The topological polar surface area (TPSA) is 84.5 Å². The van der Waals surface area contributed by atoms with Gasteiger partial charge in [-0.2, -0.15) is 0 Å². The molecule has 0 saturated carbocycles. The van der Waals surface area contributed by atoms with Crippen LogP contribution in [-0.2, 0) is 14.8 Å². The van der Waals surface area contributed by atoms with Crippen molar-refractivity contribution in [1.29, 1.82) is 0 Å². The van der Waals surface area contributed by atoms with E-state index in [4.69, 9.17) is 4.74 Å². The van der Waals surface area contributed by atoms with E-state index in [2.05, 4.69) is 22.2 Å². The molecule has 1 saturated heterocycles. The van der Waals surface area contributed by atoms with E-state index < -0.39 is 10.0 Å². The van der Waals surface area contributed by atoms with E-state index in [0.29, 0.717) is 18.7 Å². The van der Waals surface area contributed by atoms with Crippen LogP contribution in [0.15, 0.2) is 64.4 Å². The van der Waals surface area contributed by atoms with Crippen molar-refractivity contribution in [1.82, 2.24) is 10.0 Å². The summed E-state index contributed by atoms with van der Waals surface area (Å²) in [6.45, 7) is 1.46. The summed E-state index contributed by atoms with van der Waals surface area (Å²) in [6, 6.07) is 16.2. The molecule has 2 N–H and O–H groups in total. The van der Waals surface area contributed by atoms with E-state index >= 15 is 0 Å². The summed E-state index contributed by atoms with van der Waals surface area (Å²) in [4.78, 5) is 13.7. The van der Waals surface area contributed by atoms with Crippen LogP contribution in [0.2, 0.25) is 0 Å². The summed E-state index contributed by atoms with van der Waals surface area (Å²) in [6.07, 6.45) is 2.55. The lowest BCUT2D eigenvalue weighted by Crippen LogP contribution is -2.32. The Bertz CT molecular complexity index is 898. The van der Waals surface area contributed by atoms with Crippen molar-refractivity contribution in [2.45, 2.75) is 35.2 Å². The lowest BCUT2D eigenvalue weighted by molar-refractivity contribution is 0.0953. The SMILES string of the molecule is O=C(NCCCSc1ccccc1)c1cccc(S(=O)(=O)NC[C@H]2CCCO2)c1. The molecule has 8 heteroatoms. The number of ether oxygens (including phenoxy) is 1. The van der Waals surface area contributed by atoms with Crippen LogP contribution in [0.1, 0.15) is 29.6 Å². The molecule has 0 aromatic heterocycles. The molecule has 1 aliphatic heterocycles. The molecule has 1 aliphatic rings. The molecule has 29 heavy (non-hydrogen) atoms. The molecule has 0 radical (unpaired) electrons. The minimum absolute atomic E-state index is 0.0787. The van der Waals surface area contributed by atoms with Gasteiger partial charge < -0.3 is 10.1 Å². The van der Waals surface area contributed by atoms with Gasteiger partial charge in [-0.05, 0) is 55.3 Å². The fourth-order valence-electron chi connectivity index (χ4n) is 2.98. The first-order valence-electron chi connectivity index (χ1n) is 9.72. The van der Waals surface area contributed by atoms with Gasteiger partial charge in [0.05, 0.1) is 11.0 Å². The summed E-state index contributed by atoms with van der Waals surface area (Å²) in [5.41, 5.74) is 0.334. The van der Waals surface area contributed by atoms with Crippen LogP contribution in [0.5, 0.6) is 0 Å². The van der Waals surface area contributed by atoms with Gasteiger partial charge in [-0.15, -0.1) is 11.8 Å². The van der Waals surface area contributed by atoms with Gasteiger partial charge in [0, 0.05) is 30.2 Å². The molecule has 0 aliphatic carbocycles. The number of hydrogen-bond acceptors (Lipinski definition) is 5. The summed E-state index contributed by atoms with van der Waals surface area (Å²) >= 11 is 1.74. The maximum Gasteiger partial charge on any atom is 0.251 e. The van der Waals surface area contributed by atoms with Crippen molar-refractivity contribution in [3.05, 3.63) is 60.2 Å². The van der Waals surface area contributed by atoms with Gasteiger partial charge in [0.2, 0.25) is 10.0 Å². The standard InChI is InChI=1S/C21H26N2O4S2/c24-21(22-12-6-14-28-19-9-2-1-3-10-19)17-7-4-11-20(15-17)29(25,26)23-16-18-8-5-13-27-18/h1-4,7,9-11,15,18,23H,5-6,8,12-14,16H2,(H,22,24)/t18-/m1/s1. The van der Waals surface area contributed by atoms with Crippen molar-refractivity contribution in [3.8, 4) is 0 Å². The van der Waals surface area contributed by atoms with Gasteiger partial charge in [-0.25, -0.2) is 13.1 Å². The summed E-state index contributed by atoms with van der Waals surface area (Å²) in [5.74, 6) is 0.622. The van der Waals surface area contributed by atoms with E-state index in [9.17, 15) is 13.2 Å². The van der Waals surface area contributed by atoms with Crippen LogP contribution >= 0.6 is 11.8 Å². The lowest BCUT2D eigenvalue weighted by Gasteiger charge is -2.12. The molecule has 1 fully saturated rings. The van der Waals surface area contributed by atoms with E-state index in [1.165, 1.54) is 17.0 Å². The fourth-order valence-corrected chi connectivity index (χ4v) is 4.96. The first-order valence-corrected chi connectivity index (χ1v) is 12.2. The lowest BCUT2D eigenvalue weighted by atomic mass is 10.2. The molecule has 2 aromatic rings. The summed E-state index contributed by atoms with van der Waals surface area (Å²) in [5, 5.41) is 2.85. The Morgan fingerprint density at radius 3 is 2.72 bits per heavy atom. The van der Waals surface area contributed by atoms with Crippen molar-refractivity contribution in [3.63, 3.8) is 0 Å². The van der Waals surface area contributed by atoms with Gasteiger partial charge in [-0.3, -0.25) is 4.79 Å². The number of benzene rings is 2. The molecule has 1 amide bonds. The molecule has 6 nitrogen and oxygen atoms in total. The number of hydrogen-bond donors (Lipinski definition) is 2. The molecular formula is C21H26N2O4S2. The zero-order chi connectivity index (χ0) is 20.5. The Kier molecular flexibility index (Phi) is 8.11. The zero-order valence-electron chi connectivity index (χ0n) is 16.2. The number of amides is 1. The van der Waals surface area contributed by atoms with Crippen LogP contribution in [0.25, 0.3) is 0 Å². The molecule has 0 spiro atoms. The number of carbonyl (C=O) groups excluding carboxylic acids is 1. The van der Waals surface area contributed by atoms with Crippen molar-refractivity contribution < 1.29 is 17.9 Å². The second-order valence-corrected chi connectivity index (χ2v) is 9.72.